The van der Waals surface area contributed by atoms with Crippen LogP contribution in [0.1, 0.15) is 65.0 Å². The predicted octanol–water partition coefficient (Wildman–Crippen LogP) is 4.14. The van der Waals surface area contributed by atoms with Gasteiger partial charge in [-0.05, 0) is 96.4 Å². The molecule has 0 bridgehead atoms. The molecule has 0 aromatic heterocycles. The Morgan fingerprint density at radius 2 is 1.94 bits per heavy atom. The number of guanidine groups is 1. The summed E-state index contributed by atoms with van der Waals surface area (Å²) in [5.41, 5.74) is 1.36. The van der Waals surface area contributed by atoms with Gasteiger partial charge in [-0.25, -0.2) is 0 Å². The molecule has 1 aliphatic rings. The Morgan fingerprint density at radius 3 is 2.56 bits per heavy atom. The SMILES string of the molecule is CCNC(=NCC1CCCN(C)C1c1ccc(OC)cc1)NC(C)CCCN(CC)CC. The van der Waals surface area contributed by atoms with Gasteiger partial charge in [0, 0.05) is 25.2 Å². The molecule has 1 aliphatic heterocycles. The topological polar surface area (TPSA) is 52.1 Å². The lowest BCUT2D eigenvalue weighted by molar-refractivity contribution is 0.125. The van der Waals surface area contributed by atoms with E-state index < -0.39 is 0 Å². The van der Waals surface area contributed by atoms with Gasteiger partial charge in [-0.15, -0.1) is 0 Å². The molecule has 3 unspecified atom stereocenters. The summed E-state index contributed by atoms with van der Waals surface area (Å²) in [5.74, 6) is 2.37. The molecule has 0 radical (unpaired) electrons. The minimum absolute atomic E-state index is 0.396. The van der Waals surface area contributed by atoms with Gasteiger partial charge in [-0.1, -0.05) is 26.0 Å². The fraction of sp³-hybridized carbons (Fsp3) is 0.731. The van der Waals surface area contributed by atoms with Crippen molar-refractivity contribution in [2.24, 2.45) is 10.9 Å². The van der Waals surface area contributed by atoms with E-state index in [1.165, 1.54) is 31.4 Å². The Morgan fingerprint density at radius 1 is 1.22 bits per heavy atom. The fourth-order valence-electron chi connectivity index (χ4n) is 4.77. The zero-order valence-electron chi connectivity index (χ0n) is 21.4. The van der Waals surface area contributed by atoms with E-state index >= 15 is 0 Å². The van der Waals surface area contributed by atoms with Crippen molar-refractivity contribution in [3.63, 3.8) is 0 Å². The highest BCUT2D eigenvalue weighted by molar-refractivity contribution is 5.80. The Bertz CT molecular complexity index is 659. The minimum atomic E-state index is 0.396. The van der Waals surface area contributed by atoms with Crippen LogP contribution in [-0.2, 0) is 0 Å². The maximum atomic E-state index is 5.35. The highest BCUT2D eigenvalue weighted by Crippen LogP contribution is 2.35. The Labute approximate surface area is 196 Å². The molecule has 1 heterocycles. The van der Waals surface area contributed by atoms with E-state index in [1.807, 2.05) is 0 Å². The monoisotopic (exact) mass is 445 g/mol. The van der Waals surface area contributed by atoms with Crippen LogP contribution in [0.4, 0.5) is 0 Å². The molecule has 2 N–H and O–H groups in total. The highest BCUT2D eigenvalue weighted by atomic mass is 16.5. The van der Waals surface area contributed by atoms with E-state index in [0.717, 1.165) is 50.9 Å². The second kappa shape index (κ2) is 14.4. The summed E-state index contributed by atoms with van der Waals surface area (Å²) in [6.07, 6.45) is 4.81. The number of likely N-dealkylation sites (tertiary alicyclic amines) is 1. The van der Waals surface area contributed by atoms with Gasteiger partial charge in [0.2, 0.25) is 0 Å². The standard InChI is InChI=1S/C26H47N5O/c1-7-27-26(29-21(4)12-10-19-31(8-2)9-3)28-20-23-13-11-18-30(5)25(23)22-14-16-24(32-6)17-15-22/h14-17,21,23,25H,7-13,18-20H2,1-6H3,(H2,27,28,29). The molecule has 6 heteroatoms. The van der Waals surface area contributed by atoms with Crippen molar-refractivity contribution in [3.8, 4) is 5.75 Å². The molecular formula is C26H47N5O. The summed E-state index contributed by atoms with van der Waals surface area (Å²) in [5, 5.41) is 7.09. The van der Waals surface area contributed by atoms with Gasteiger partial charge in [-0.2, -0.15) is 0 Å². The molecule has 32 heavy (non-hydrogen) atoms. The number of benzene rings is 1. The third-order valence-electron chi connectivity index (χ3n) is 6.68. The number of piperidine rings is 1. The number of nitrogens with zero attached hydrogens (tertiary/aromatic N) is 3. The van der Waals surface area contributed by atoms with Gasteiger partial charge < -0.3 is 20.3 Å². The third kappa shape index (κ3) is 8.28. The first kappa shape index (κ1) is 26.5. The van der Waals surface area contributed by atoms with Crippen molar-refractivity contribution in [1.29, 1.82) is 0 Å². The summed E-state index contributed by atoms with van der Waals surface area (Å²) in [6.45, 7) is 15.2. The van der Waals surface area contributed by atoms with E-state index in [0.29, 0.717) is 18.0 Å². The van der Waals surface area contributed by atoms with Crippen molar-refractivity contribution in [3.05, 3.63) is 29.8 Å². The van der Waals surface area contributed by atoms with Crippen LogP contribution < -0.4 is 15.4 Å². The number of rotatable bonds is 12. The molecule has 0 saturated carbocycles. The highest BCUT2D eigenvalue weighted by Gasteiger charge is 2.30. The molecule has 6 nitrogen and oxygen atoms in total. The van der Waals surface area contributed by atoms with E-state index in [9.17, 15) is 0 Å². The Balaban J connectivity index is 1.99. The molecule has 2 rings (SSSR count). The van der Waals surface area contributed by atoms with Crippen LogP contribution in [-0.4, -0.2) is 75.2 Å². The van der Waals surface area contributed by atoms with Crippen LogP contribution in [0.15, 0.2) is 29.3 Å². The van der Waals surface area contributed by atoms with Crippen LogP contribution in [0.3, 0.4) is 0 Å². The summed E-state index contributed by atoms with van der Waals surface area (Å²) < 4.78 is 5.35. The van der Waals surface area contributed by atoms with Crippen LogP contribution in [0.25, 0.3) is 0 Å². The maximum Gasteiger partial charge on any atom is 0.191 e. The molecule has 0 amide bonds. The number of ether oxygens (including phenoxy) is 1. The molecule has 0 aliphatic carbocycles. The zero-order valence-corrected chi connectivity index (χ0v) is 21.4. The normalized spacial score (nSPS) is 20.9. The molecular weight excluding hydrogens is 398 g/mol. The lowest BCUT2D eigenvalue weighted by atomic mass is 9.85. The van der Waals surface area contributed by atoms with Gasteiger partial charge in [0.05, 0.1) is 7.11 Å². The van der Waals surface area contributed by atoms with Crippen molar-refractivity contribution in [2.45, 2.75) is 65.5 Å². The second-order valence-electron chi connectivity index (χ2n) is 9.04. The molecule has 1 aromatic carbocycles. The molecule has 182 valence electrons. The number of hydrogen-bond donors (Lipinski definition) is 2. The first-order chi connectivity index (χ1) is 15.5. The average Bonchev–Trinajstić information content (AvgIpc) is 2.80. The Hall–Kier alpha value is -1.79. The molecule has 1 aromatic rings. The fourth-order valence-corrected chi connectivity index (χ4v) is 4.77. The quantitative estimate of drug-likeness (QED) is 0.374. The number of aliphatic imine (C=N–C) groups is 1. The van der Waals surface area contributed by atoms with Crippen molar-refractivity contribution in [1.82, 2.24) is 20.4 Å². The van der Waals surface area contributed by atoms with Crippen LogP contribution >= 0.6 is 0 Å². The molecule has 1 saturated heterocycles. The first-order valence-corrected chi connectivity index (χ1v) is 12.6. The van der Waals surface area contributed by atoms with Gasteiger partial charge in [0.1, 0.15) is 5.75 Å². The van der Waals surface area contributed by atoms with Crippen LogP contribution in [0, 0.1) is 5.92 Å². The smallest absolute Gasteiger partial charge is 0.191 e. The predicted molar refractivity (Wildman–Crippen MR) is 137 cm³/mol. The van der Waals surface area contributed by atoms with Crippen LogP contribution in [0.2, 0.25) is 0 Å². The van der Waals surface area contributed by atoms with Gasteiger partial charge in [0.15, 0.2) is 5.96 Å². The lowest BCUT2D eigenvalue weighted by Crippen LogP contribution is -2.43. The van der Waals surface area contributed by atoms with Gasteiger partial charge in [-0.3, -0.25) is 9.89 Å². The van der Waals surface area contributed by atoms with E-state index in [-0.39, 0.29) is 0 Å². The van der Waals surface area contributed by atoms with Gasteiger partial charge >= 0.3 is 0 Å². The minimum Gasteiger partial charge on any atom is -0.497 e. The van der Waals surface area contributed by atoms with Gasteiger partial charge in [0.25, 0.3) is 0 Å². The van der Waals surface area contributed by atoms with Crippen molar-refractivity contribution in [2.75, 3.05) is 53.4 Å². The average molecular weight is 446 g/mol. The van der Waals surface area contributed by atoms with E-state index in [1.54, 1.807) is 7.11 Å². The lowest BCUT2D eigenvalue weighted by Gasteiger charge is -2.39. The summed E-state index contributed by atoms with van der Waals surface area (Å²) in [6, 6.07) is 9.38. The van der Waals surface area contributed by atoms with Crippen molar-refractivity contribution >= 4 is 5.96 Å². The molecule has 1 fully saturated rings. The van der Waals surface area contributed by atoms with Crippen molar-refractivity contribution < 1.29 is 4.74 Å². The van der Waals surface area contributed by atoms with Crippen LogP contribution in [0.5, 0.6) is 5.75 Å². The number of nitrogens with one attached hydrogen (secondary N) is 2. The summed E-state index contributed by atoms with van der Waals surface area (Å²) >= 11 is 0. The second-order valence-corrected chi connectivity index (χ2v) is 9.04. The zero-order chi connectivity index (χ0) is 23.3. The summed E-state index contributed by atoms with van der Waals surface area (Å²) in [4.78, 5) is 10.0. The summed E-state index contributed by atoms with van der Waals surface area (Å²) in [7, 11) is 3.96. The largest absolute Gasteiger partial charge is 0.497 e. The first-order valence-electron chi connectivity index (χ1n) is 12.6. The maximum absolute atomic E-state index is 5.35. The third-order valence-corrected chi connectivity index (χ3v) is 6.68. The number of methoxy groups -OCH3 is 1. The molecule has 0 spiro atoms. The van der Waals surface area contributed by atoms with E-state index in [2.05, 4.69) is 79.4 Å². The van der Waals surface area contributed by atoms with E-state index in [4.69, 9.17) is 9.73 Å². The number of hydrogen-bond acceptors (Lipinski definition) is 4. The molecule has 3 atom stereocenters. The Kier molecular flexibility index (Phi) is 11.9.